The molecule has 0 radical (unpaired) electrons. The number of carboxylic acid groups (broad SMARTS) is 1. The summed E-state index contributed by atoms with van der Waals surface area (Å²) < 4.78 is 4.04. The molecule has 0 spiro atoms. The molecule has 2 rings (SSSR count). The Kier molecular flexibility index (Phi) is 4.37. The van der Waals surface area contributed by atoms with Crippen LogP contribution in [0, 0.1) is 6.92 Å². The summed E-state index contributed by atoms with van der Waals surface area (Å²) in [6, 6.07) is 8.73. The normalized spacial score (nSPS) is 13.4. The van der Waals surface area contributed by atoms with Crippen molar-refractivity contribution < 1.29 is 14.7 Å². The molecule has 21 heavy (non-hydrogen) atoms. The smallest absolute Gasteiger partial charge is 0.334 e. The van der Waals surface area contributed by atoms with Gasteiger partial charge in [-0.2, -0.15) is 4.37 Å². The van der Waals surface area contributed by atoms with Crippen LogP contribution in [0.2, 0.25) is 0 Å². The van der Waals surface area contributed by atoms with Gasteiger partial charge in [0.05, 0.1) is 11.3 Å². The summed E-state index contributed by atoms with van der Waals surface area (Å²) in [5.74, 6) is -1.50. The fourth-order valence-electron chi connectivity index (χ4n) is 2.19. The molecular formula is C15H16N2O3S. The Morgan fingerprint density at radius 1 is 1.33 bits per heavy atom. The van der Waals surface area contributed by atoms with Crippen LogP contribution in [0.5, 0.6) is 0 Å². The van der Waals surface area contributed by atoms with Crippen LogP contribution >= 0.6 is 11.5 Å². The highest BCUT2D eigenvalue weighted by molar-refractivity contribution is 7.03. The number of nitrogens with zero attached hydrogens (tertiary/aromatic N) is 1. The van der Waals surface area contributed by atoms with Crippen molar-refractivity contribution in [3.63, 3.8) is 0 Å². The van der Waals surface area contributed by atoms with Gasteiger partial charge in [-0.3, -0.25) is 4.79 Å². The predicted octanol–water partition coefficient (Wildman–Crippen LogP) is 2.57. The second-order valence-electron chi connectivity index (χ2n) is 4.70. The molecule has 2 N–H and O–H groups in total. The Bertz CT molecular complexity index is 654. The molecule has 1 heterocycles. The lowest BCUT2D eigenvalue weighted by Gasteiger charge is -2.29. The average Bonchev–Trinajstić information content (AvgIpc) is 2.91. The van der Waals surface area contributed by atoms with Crippen molar-refractivity contribution in [2.45, 2.75) is 25.8 Å². The molecule has 0 aliphatic heterocycles. The van der Waals surface area contributed by atoms with Gasteiger partial charge in [-0.1, -0.05) is 37.3 Å². The van der Waals surface area contributed by atoms with Crippen molar-refractivity contribution in [2.75, 3.05) is 0 Å². The number of hydrogen-bond acceptors (Lipinski definition) is 4. The summed E-state index contributed by atoms with van der Waals surface area (Å²) in [6.45, 7) is 3.46. The minimum Gasteiger partial charge on any atom is -0.479 e. The standard InChI is InChI=1S/C15H16N2O3S/c1-3-15(14(19)20,11-7-5-4-6-8-11)16-13(18)12-9-21-17-10(12)2/h4-9H,3H2,1-2H3,(H,16,18)(H,19,20)/t15-/m0/s1. The first-order chi connectivity index (χ1) is 10.0. The first kappa shape index (κ1) is 15.2. The predicted molar refractivity (Wildman–Crippen MR) is 80.4 cm³/mol. The largest absolute Gasteiger partial charge is 0.479 e. The molecule has 5 nitrogen and oxygen atoms in total. The van der Waals surface area contributed by atoms with E-state index < -0.39 is 17.4 Å². The van der Waals surface area contributed by atoms with E-state index in [2.05, 4.69) is 9.69 Å². The maximum atomic E-state index is 12.4. The maximum absolute atomic E-state index is 12.4. The van der Waals surface area contributed by atoms with Crippen LogP contribution in [-0.2, 0) is 10.3 Å². The van der Waals surface area contributed by atoms with Gasteiger partial charge in [0.2, 0.25) is 0 Å². The minimum absolute atomic E-state index is 0.245. The molecule has 6 heteroatoms. The number of benzene rings is 1. The quantitative estimate of drug-likeness (QED) is 0.890. The average molecular weight is 304 g/mol. The summed E-state index contributed by atoms with van der Waals surface area (Å²) in [5.41, 5.74) is 0.123. The van der Waals surface area contributed by atoms with Gasteiger partial charge < -0.3 is 10.4 Å². The molecule has 1 aromatic heterocycles. The van der Waals surface area contributed by atoms with Crippen LogP contribution in [0.1, 0.15) is 35.0 Å². The third-order valence-electron chi connectivity index (χ3n) is 3.48. The van der Waals surface area contributed by atoms with E-state index in [4.69, 9.17) is 0 Å². The number of aromatic nitrogens is 1. The third-order valence-corrected chi connectivity index (χ3v) is 4.20. The number of carboxylic acids is 1. The molecule has 0 aliphatic carbocycles. The van der Waals surface area contributed by atoms with E-state index in [1.165, 1.54) is 11.5 Å². The van der Waals surface area contributed by atoms with Gasteiger partial charge in [0, 0.05) is 5.38 Å². The second-order valence-corrected chi connectivity index (χ2v) is 5.33. The second kappa shape index (κ2) is 6.05. The summed E-state index contributed by atoms with van der Waals surface area (Å²) in [7, 11) is 0. The third kappa shape index (κ3) is 2.80. The minimum atomic E-state index is -1.44. The highest BCUT2D eigenvalue weighted by Crippen LogP contribution is 2.26. The number of amides is 1. The summed E-state index contributed by atoms with van der Waals surface area (Å²) in [4.78, 5) is 24.2. The summed E-state index contributed by atoms with van der Waals surface area (Å²) in [6.07, 6.45) is 0.245. The van der Waals surface area contributed by atoms with E-state index in [9.17, 15) is 14.7 Å². The van der Waals surface area contributed by atoms with Crippen LogP contribution < -0.4 is 5.32 Å². The Morgan fingerprint density at radius 3 is 2.48 bits per heavy atom. The zero-order valence-electron chi connectivity index (χ0n) is 11.8. The molecule has 0 aliphatic rings. The zero-order chi connectivity index (χ0) is 15.5. The number of nitrogens with one attached hydrogen (secondary N) is 1. The van der Waals surface area contributed by atoms with Crippen molar-refractivity contribution in [1.82, 2.24) is 9.69 Å². The van der Waals surface area contributed by atoms with E-state index >= 15 is 0 Å². The Morgan fingerprint density at radius 2 is 2.00 bits per heavy atom. The van der Waals surface area contributed by atoms with Gasteiger partial charge in [0.25, 0.3) is 5.91 Å². The van der Waals surface area contributed by atoms with Crippen molar-refractivity contribution in [3.8, 4) is 0 Å². The number of hydrogen-bond donors (Lipinski definition) is 2. The van der Waals surface area contributed by atoms with Crippen molar-refractivity contribution in [3.05, 3.63) is 52.5 Å². The van der Waals surface area contributed by atoms with Crippen molar-refractivity contribution >= 4 is 23.4 Å². The summed E-state index contributed by atoms with van der Waals surface area (Å²) >= 11 is 1.17. The van der Waals surface area contributed by atoms with Crippen molar-refractivity contribution in [2.24, 2.45) is 0 Å². The van der Waals surface area contributed by atoms with Gasteiger partial charge in [-0.15, -0.1) is 0 Å². The van der Waals surface area contributed by atoms with Crippen LogP contribution in [0.25, 0.3) is 0 Å². The molecule has 0 fully saturated rings. The number of aliphatic carboxylic acids is 1. The van der Waals surface area contributed by atoms with E-state index in [1.54, 1.807) is 49.6 Å². The Balaban J connectivity index is 2.41. The van der Waals surface area contributed by atoms with Crippen molar-refractivity contribution in [1.29, 1.82) is 0 Å². The van der Waals surface area contributed by atoms with Gasteiger partial charge >= 0.3 is 5.97 Å². The Labute approximate surface area is 126 Å². The highest BCUT2D eigenvalue weighted by atomic mass is 32.1. The molecule has 1 aromatic carbocycles. The molecule has 0 saturated carbocycles. The fourth-order valence-corrected chi connectivity index (χ4v) is 2.88. The lowest BCUT2D eigenvalue weighted by Crippen LogP contribution is -2.51. The van der Waals surface area contributed by atoms with E-state index in [0.29, 0.717) is 16.8 Å². The number of carbonyl (C=O) groups is 2. The lowest BCUT2D eigenvalue weighted by molar-refractivity contribution is -0.145. The molecule has 0 unspecified atom stereocenters. The van der Waals surface area contributed by atoms with E-state index in [-0.39, 0.29) is 6.42 Å². The van der Waals surface area contributed by atoms with Crippen LogP contribution in [-0.4, -0.2) is 21.4 Å². The highest BCUT2D eigenvalue weighted by Gasteiger charge is 2.40. The van der Waals surface area contributed by atoms with E-state index in [0.717, 1.165) is 0 Å². The molecule has 0 saturated heterocycles. The van der Waals surface area contributed by atoms with E-state index in [1.807, 2.05) is 0 Å². The maximum Gasteiger partial charge on any atom is 0.334 e. The molecule has 110 valence electrons. The van der Waals surface area contributed by atoms with Gasteiger partial charge in [0.1, 0.15) is 0 Å². The number of carbonyl (C=O) groups excluding carboxylic acids is 1. The van der Waals surface area contributed by atoms with Crippen LogP contribution in [0.3, 0.4) is 0 Å². The molecule has 1 amide bonds. The first-order valence-electron chi connectivity index (χ1n) is 6.53. The van der Waals surface area contributed by atoms with Crippen LogP contribution in [0.15, 0.2) is 35.7 Å². The van der Waals surface area contributed by atoms with Gasteiger partial charge in [-0.05, 0) is 30.4 Å². The van der Waals surface area contributed by atoms with Gasteiger partial charge in [0.15, 0.2) is 5.54 Å². The topological polar surface area (TPSA) is 79.3 Å². The molecule has 1 atom stereocenters. The molecular weight excluding hydrogens is 288 g/mol. The zero-order valence-corrected chi connectivity index (χ0v) is 12.6. The van der Waals surface area contributed by atoms with Gasteiger partial charge in [-0.25, -0.2) is 4.79 Å². The summed E-state index contributed by atoms with van der Waals surface area (Å²) in [5, 5.41) is 14.0. The Hall–Kier alpha value is -2.21. The number of rotatable bonds is 5. The fraction of sp³-hybridized carbons (Fsp3) is 0.267. The lowest BCUT2D eigenvalue weighted by atomic mass is 9.87. The molecule has 2 aromatic rings. The first-order valence-corrected chi connectivity index (χ1v) is 7.37. The van der Waals surface area contributed by atoms with Crippen LogP contribution in [0.4, 0.5) is 0 Å². The molecule has 0 bridgehead atoms. The SMILES string of the molecule is CC[C@@](NC(=O)c1csnc1C)(C(=O)O)c1ccccc1. The monoisotopic (exact) mass is 304 g/mol. The number of aryl methyl sites for hydroxylation is 1.